The Bertz CT molecular complexity index is 698. The standard InChI is InChI=1S/C16H17N3OS/c1-10-7-8-13(11(2)9-10)18-15(20)12-5-3-4-6-14(12)19-16(17)21/h3-9H,1-2H3,(H,18,20)(H3,17,19,21). The summed E-state index contributed by atoms with van der Waals surface area (Å²) in [4.78, 5) is 12.4. The summed E-state index contributed by atoms with van der Waals surface area (Å²) in [5.41, 5.74) is 9.51. The summed E-state index contributed by atoms with van der Waals surface area (Å²) in [6.07, 6.45) is 0. The molecule has 0 saturated heterocycles. The Balaban J connectivity index is 2.26. The number of nitrogens with one attached hydrogen (secondary N) is 2. The van der Waals surface area contributed by atoms with Gasteiger partial charge in [-0.2, -0.15) is 0 Å². The first-order chi connectivity index (χ1) is 9.97. The molecule has 2 aromatic rings. The minimum atomic E-state index is -0.207. The number of hydrogen-bond acceptors (Lipinski definition) is 2. The Kier molecular flexibility index (Phi) is 4.55. The van der Waals surface area contributed by atoms with Crippen molar-refractivity contribution in [1.82, 2.24) is 0 Å². The minimum absolute atomic E-state index is 0.127. The fourth-order valence-electron chi connectivity index (χ4n) is 2.07. The highest BCUT2D eigenvalue weighted by molar-refractivity contribution is 7.80. The van der Waals surface area contributed by atoms with Crippen molar-refractivity contribution in [3.8, 4) is 0 Å². The van der Waals surface area contributed by atoms with Gasteiger partial charge in [-0.15, -0.1) is 0 Å². The van der Waals surface area contributed by atoms with Crippen LogP contribution in [0.3, 0.4) is 0 Å². The second-order valence-electron chi connectivity index (χ2n) is 4.81. The van der Waals surface area contributed by atoms with Crippen molar-refractivity contribution in [3.63, 3.8) is 0 Å². The molecular formula is C16H17N3OS. The topological polar surface area (TPSA) is 67.2 Å². The molecule has 1 amide bonds. The van der Waals surface area contributed by atoms with E-state index >= 15 is 0 Å². The fourth-order valence-corrected chi connectivity index (χ4v) is 2.18. The highest BCUT2D eigenvalue weighted by Gasteiger charge is 2.12. The van der Waals surface area contributed by atoms with E-state index in [2.05, 4.69) is 10.6 Å². The van der Waals surface area contributed by atoms with Gasteiger partial charge in [0.1, 0.15) is 0 Å². The molecule has 0 fully saturated rings. The van der Waals surface area contributed by atoms with E-state index in [0.29, 0.717) is 11.3 Å². The molecule has 0 aliphatic rings. The maximum absolute atomic E-state index is 12.4. The van der Waals surface area contributed by atoms with Gasteiger partial charge in [0.05, 0.1) is 11.3 Å². The lowest BCUT2D eigenvalue weighted by atomic mass is 10.1. The van der Waals surface area contributed by atoms with E-state index in [0.717, 1.165) is 16.8 Å². The molecule has 0 aromatic heterocycles. The molecule has 0 saturated carbocycles. The van der Waals surface area contributed by atoms with Gasteiger partial charge >= 0.3 is 0 Å². The van der Waals surface area contributed by atoms with Crippen LogP contribution in [0.5, 0.6) is 0 Å². The first kappa shape index (κ1) is 15.0. The predicted octanol–water partition coefficient (Wildman–Crippen LogP) is 3.21. The summed E-state index contributed by atoms with van der Waals surface area (Å²) in [6, 6.07) is 13.0. The highest BCUT2D eigenvalue weighted by Crippen LogP contribution is 2.20. The smallest absolute Gasteiger partial charge is 0.257 e. The molecular weight excluding hydrogens is 282 g/mol. The number of benzene rings is 2. The van der Waals surface area contributed by atoms with Crippen LogP contribution in [0.15, 0.2) is 42.5 Å². The van der Waals surface area contributed by atoms with Crippen molar-refractivity contribution in [2.75, 3.05) is 10.6 Å². The van der Waals surface area contributed by atoms with Gasteiger partial charge in [-0.05, 0) is 49.8 Å². The maximum atomic E-state index is 12.4. The van der Waals surface area contributed by atoms with Crippen molar-refractivity contribution in [3.05, 3.63) is 59.2 Å². The molecule has 2 rings (SSSR count). The molecule has 0 unspecified atom stereocenters. The molecule has 5 heteroatoms. The van der Waals surface area contributed by atoms with Gasteiger partial charge in [0.25, 0.3) is 5.91 Å². The maximum Gasteiger partial charge on any atom is 0.257 e. The lowest BCUT2D eigenvalue weighted by molar-refractivity contribution is 0.102. The number of hydrogen-bond donors (Lipinski definition) is 3. The van der Waals surface area contributed by atoms with Crippen molar-refractivity contribution in [2.45, 2.75) is 13.8 Å². The first-order valence-corrected chi connectivity index (χ1v) is 6.92. The van der Waals surface area contributed by atoms with E-state index in [1.165, 1.54) is 0 Å². The number of anilines is 2. The lowest BCUT2D eigenvalue weighted by Crippen LogP contribution is -2.22. The van der Waals surface area contributed by atoms with E-state index in [-0.39, 0.29) is 11.0 Å². The van der Waals surface area contributed by atoms with Gasteiger partial charge in [-0.3, -0.25) is 4.79 Å². The van der Waals surface area contributed by atoms with E-state index < -0.39 is 0 Å². The monoisotopic (exact) mass is 299 g/mol. The Morgan fingerprint density at radius 1 is 1.05 bits per heavy atom. The molecule has 0 atom stereocenters. The normalized spacial score (nSPS) is 10.0. The van der Waals surface area contributed by atoms with Crippen LogP contribution in [0, 0.1) is 13.8 Å². The predicted molar refractivity (Wildman–Crippen MR) is 90.7 cm³/mol. The molecule has 0 aliphatic heterocycles. The molecule has 0 aliphatic carbocycles. The van der Waals surface area contributed by atoms with Crippen LogP contribution in [-0.4, -0.2) is 11.0 Å². The third kappa shape index (κ3) is 3.79. The summed E-state index contributed by atoms with van der Waals surface area (Å²) in [5, 5.41) is 5.84. The van der Waals surface area contributed by atoms with Gasteiger partial charge < -0.3 is 16.4 Å². The zero-order chi connectivity index (χ0) is 15.4. The second-order valence-corrected chi connectivity index (χ2v) is 5.25. The summed E-state index contributed by atoms with van der Waals surface area (Å²) in [6.45, 7) is 3.97. The van der Waals surface area contributed by atoms with Crippen LogP contribution in [0.4, 0.5) is 11.4 Å². The Morgan fingerprint density at radius 3 is 2.43 bits per heavy atom. The average molecular weight is 299 g/mol. The van der Waals surface area contributed by atoms with Crippen molar-refractivity contribution in [1.29, 1.82) is 0 Å². The quantitative estimate of drug-likeness (QED) is 0.761. The fraction of sp³-hybridized carbons (Fsp3) is 0.125. The van der Waals surface area contributed by atoms with E-state index in [1.807, 2.05) is 38.1 Å². The van der Waals surface area contributed by atoms with Gasteiger partial charge in [-0.1, -0.05) is 29.8 Å². The SMILES string of the molecule is Cc1ccc(NC(=O)c2ccccc2NC(N)=S)c(C)c1. The van der Waals surface area contributed by atoms with E-state index in [4.69, 9.17) is 18.0 Å². The molecule has 21 heavy (non-hydrogen) atoms. The minimum Gasteiger partial charge on any atom is -0.376 e. The summed E-state index contributed by atoms with van der Waals surface area (Å²) < 4.78 is 0. The number of aryl methyl sites for hydroxylation is 2. The number of para-hydroxylation sites is 1. The number of carbonyl (C=O) groups is 1. The van der Waals surface area contributed by atoms with Gasteiger partial charge in [-0.25, -0.2) is 0 Å². The highest BCUT2D eigenvalue weighted by atomic mass is 32.1. The Hall–Kier alpha value is -2.40. The number of amides is 1. The van der Waals surface area contributed by atoms with Crippen LogP contribution in [0.1, 0.15) is 21.5 Å². The molecule has 0 bridgehead atoms. The molecule has 2 aromatic carbocycles. The van der Waals surface area contributed by atoms with Crippen molar-refractivity contribution < 1.29 is 4.79 Å². The number of carbonyl (C=O) groups excluding carboxylic acids is 1. The van der Waals surface area contributed by atoms with Crippen LogP contribution < -0.4 is 16.4 Å². The van der Waals surface area contributed by atoms with Crippen LogP contribution >= 0.6 is 12.2 Å². The molecule has 4 N–H and O–H groups in total. The zero-order valence-electron chi connectivity index (χ0n) is 11.9. The molecule has 0 radical (unpaired) electrons. The molecule has 108 valence electrons. The second kappa shape index (κ2) is 6.37. The third-order valence-corrected chi connectivity index (χ3v) is 3.16. The summed E-state index contributed by atoms with van der Waals surface area (Å²) >= 11 is 4.82. The van der Waals surface area contributed by atoms with Gasteiger partial charge in [0.2, 0.25) is 0 Å². The molecule has 0 heterocycles. The van der Waals surface area contributed by atoms with Crippen LogP contribution in [-0.2, 0) is 0 Å². The largest absolute Gasteiger partial charge is 0.376 e. The molecule has 0 spiro atoms. The number of thiocarbonyl (C=S) groups is 1. The number of rotatable bonds is 3. The summed E-state index contributed by atoms with van der Waals surface area (Å²) in [7, 11) is 0. The first-order valence-electron chi connectivity index (χ1n) is 6.51. The van der Waals surface area contributed by atoms with Gasteiger partial charge in [0.15, 0.2) is 5.11 Å². The molecule has 4 nitrogen and oxygen atoms in total. The van der Waals surface area contributed by atoms with Crippen molar-refractivity contribution >= 4 is 34.6 Å². The summed E-state index contributed by atoms with van der Waals surface area (Å²) in [5.74, 6) is -0.207. The Morgan fingerprint density at radius 2 is 1.76 bits per heavy atom. The Labute approximate surface area is 129 Å². The number of nitrogens with two attached hydrogens (primary N) is 1. The van der Waals surface area contributed by atoms with Gasteiger partial charge in [0, 0.05) is 5.69 Å². The lowest BCUT2D eigenvalue weighted by Gasteiger charge is -2.12. The van der Waals surface area contributed by atoms with Crippen molar-refractivity contribution in [2.24, 2.45) is 5.73 Å². The van der Waals surface area contributed by atoms with Crippen LogP contribution in [0.2, 0.25) is 0 Å². The third-order valence-electron chi connectivity index (χ3n) is 3.06. The zero-order valence-corrected chi connectivity index (χ0v) is 12.8. The van der Waals surface area contributed by atoms with E-state index in [9.17, 15) is 4.79 Å². The average Bonchev–Trinajstić information content (AvgIpc) is 2.42. The van der Waals surface area contributed by atoms with Crippen LogP contribution in [0.25, 0.3) is 0 Å². The van der Waals surface area contributed by atoms with E-state index in [1.54, 1.807) is 18.2 Å².